The van der Waals surface area contributed by atoms with Gasteiger partial charge in [-0.15, -0.1) is 0 Å². The Morgan fingerprint density at radius 2 is 1.95 bits per heavy atom. The minimum absolute atomic E-state index is 0.466. The van der Waals surface area contributed by atoms with E-state index < -0.39 is 0 Å². The fraction of sp³-hybridized carbons (Fsp3) is 0.368. The van der Waals surface area contributed by atoms with Crippen molar-refractivity contribution in [3.05, 3.63) is 69.7 Å². The van der Waals surface area contributed by atoms with Crippen LogP contribution in [0, 0.1) is 12.8 Å². The lowest BCUT2D eigenvalue weighted by molar-refractivity contribution is 0.485. The first-order chi connectivity index (χ1) is 10.2. The smallest absolute Gasteiger partial charge is 0.0357 e. The molecule has 1 nitrogen and oxygen atoms in total. The molecule has 110 valence electrons. The summed E-state index contributed by atoms with van der Waals surface area (Å²) in [7, 11) is 0. The molecule has 0 bridgehead atoms. The fourth-order valence-electron chi connectivity index (χ4n) is 3.37. The van der Waals surface area contributed by atoms with E-state index in [4.69, 9.17) is 0 Å². The predicted molar refractivity (Wildman–Crippen MR) is 92.6 cm³/mol. The van der Waals surface area contributed by atoms with Crippen molar-refractivity contribution in [1.82, 2.24) is 5.32 Å². The van der Waals surface area contributed by atoms with Gasteiger partial charge in [0.05, 0.1) is 0 Å². The number of nitrogens with one attached hydrogen (secondary N) is 1. The second kappa shape index (κ2) is 6.33. The molecule has 2 aromatic rings. The highest BCUT2D eigenvalue weighted by atomic mass is 79.9. The molecule has 1 saturated carbocycles. The van der Waals surface area contributed by atoms with Crippen LogP contribution in [0.5, 0.6) is 0 Å². The van der Waals surface area contributed by atoms with E-state index >= 15 is 0 Å². The van der Waals surface area contributed by atoms with E-state index in [-0.39, 0.29) is 0 Å². The van der Waals surface area contributed by atoms with Gasteiger partial charge in [-0.1, -0.05) is 59.3 Å². The lowest BCUT2D eigenvalue weighted by Gasteiger charge is -2.21. The van der Waals surface area contributed by atoms with Crippen LogP contribution in [0.15, 0.2) is 53.0 Å². The lowest BCUT2D eigenvalue weighted by atomic mass is 9.95. The molecule has 0 radical (unpaired) electrons. The molecule has 3 atom stereocenters. The molecule has 0 saturated heterocycles. The maximum Gasteiger partial charge on any atom is 0.0357 e. The Hall–Kier alpha value is -1.12. The van der Waals surface area contributed by atoms with Crippen LogP contribution in [0.1, 0.15) is 42.0 Å². The summed E-state index contributed by atoms with van der Waals surface area (Å²) in [4.78, 5) is 0. The maximum absolute atomic E-state index is 3.71. The summed E-state index contributed by atoms with van der Waals surface area (Å²) in [5.41, 5.74) is 4.30. The largest absolute Gasteiger partial charge is 0.310 e. The van der Waals surface area contributed by atoms with Crippen molar-refractivity contribution >= 4 is 15.9 Å². The SMILES string of the molecule is CCNC(c1ccc(Br)cc1C)C1CC1c1ccccc1. The van der Waals surface area contributed by atoms with Gasteiger partial charge in [0.2, 0.25) is 0 Å². The zero-order chi connectivity index (χ0) is 14.8. The Bertz CT molecular complexity index is 608. The number of halogens is 1. The van der Waals surface area contributed by atoms with Crippen molar-refractivity contribution in [2.45, 2.75) is 32.2 Å². The van der Waals surface area contributed by atoms with Crippen LogP contribution >= 0.6 is 15.9 Å². The number of aryl methyl sites for hydroxylation is 1. The van der Waals surface area contributed by atoms with Crippen LogP contribution < -0.4 is 5.32 Å². The zero-order valence-corrected chi connectivity index (χ0v) is 14.2. The van der Waals surface area contributed by atoms with Crippen molar-refractivity contribution in [2.75, 3.05) is 6.54 Å². The minimum Gasteiger partial charge on any atom is -0.310 e. The van der Waals surface area contributed by atoms with Gasteiger partial charge in [-0.2, -0.15) is 0 Å². The van der Waals surface area contributed by atoms with Gasteiger partial charge < -0.3 is 5.32 Å². The summed E-state index contributed by atoms with van der Waals surface area (Å²) in [6.07, 6.45) is 1.29. The van der Waals surface area contributed by atoms with Crippen molar-refractivity contribution in [2.24, 2.45) is 5.92 Å². The van der Waals surface area contributed by atoms with Crippen LogP contribution in [0.3, 0.4) is 0 Å². The van der Waals surface area contributed by atoms with Gasteiger partial charge in [-0.05, 0) is 60.5 Å². The first kappa shape index (κ1) is 14.8. The summed E-state index contributed by atoms with van der Waals surface area (Å²) in [6.45, 7) is 5.42. The summed E-state index contributed by atoms with van der Waals surface area (Å²) < 4.78 is 1.16. The number of benzene rings is 2. The van der Waals surface area contributed by atoms with E-state index in [0.717, 1.165) is 11.0 Å². The first-order valence-electron chi connectivity index (χ1n) is 7.75. The summed E-state index contributed by atoms with van der Waals surface area (Å²) >= 11 is 3.57. The molecule has 3 unspecified atom stereocenters. The van der Waals surface area contributed by atoms with E-state index in [1.807, 2.05) is 0 Å². The van der Waals surface area contributed by atoms with Gasteiger partial charge in [0, 0.05) is 10.5 Å². The van der Waals surface area contributed by atoms with Gasteiger partial charge in [-0.3, -0.25) is 0 Å². The average Bonchev–Trinajstić information content (AvgIpc) is 3.27. The highest BCUT2D eigenvalue weighted by Crippen LogP contribution is 2.54. The summed E-state index contributed by atoms with van der Waals surface area (Å²) in [6, 6.07) is 18.1. The molecule has 2 aromatic carbocycles. The maximum atomic E-state index is 3.71. The van der Waals surface area contributed by atoms with Crippen molar-refractivity contribution in [3.8, 4) is 0 Å². The van der Waals surface area contributed by atoms with E-state index in [9.17, 15) is 0 Å². The average molecular weight is 344 g/mol. The van der Waals surface area contributed by atoms with Crippen molar-refractivity contribution < 1.29 is 0 Å². The van der Waals surface area contributed by atoms with Gasteiger partial charge in [-0.25, -0.2) is 0 Å². The third-order valence-electron chi connectivity index (χ3n) is 4.49. The Morgan fingerprint density at radius 3 is 2.62 bits per heavy atom. The molecule has 1 fully saturated rings. The second-order valence-electron chi connectivity index (χ2n) is 5.95. The van der Waals surface area contributed by atoms with Crippen LogP contribution in [-0.2, 0) is 0 Å². The Balaban J connectivity index is 1.83. The molecular formula is C19H22BrN. The van der Waals surface area contributed by atoms with E-state index in [0.29, 0.717) is 17.9 Å². The lowest BCUT2D eigenvalue weighted by Crippen LogP contribution is -2.24. The molecular weight excluding hydrogens is 322 g/mol. The van der Waals surface area contributed by atoms with Crippen LogP contribution in [0.4, 0.5) is 0 Å². The molecule has 0 amide bonds. The molecule has 0 aromatic heterocycles. The topological polar surface area (TPSA) is 12.0 Å². The molecule has 3 rings (SSSR count). The van der Waals surface area contributed by atoms with E-state index in [1.165, 1.54) is 23.1 Å². The summed E-state index contributed by atoms with van der Waals surface area (Å²) in [5, 5.41) is 3.71. The highest BCUT2D eigenvalue weighted by molar-refractivity contribution is 9.10. The van der Waals surface area contributed by atoms with Gasteiger partial charge in [0.15, 0.2) is 0 Å². The highest BCUT2D eigenvalue weighted by Gasteiger charge is 2.44. The predicted octanol–water partition coefficient (Wildman–Crippen LogP) is 5.21. The Morgan fingerprint density at radius 1 is 1.19 bits per heavy atom. The number of rotatable bonds is 5. The fourth-order valence-corrected chi connectivity index (χ4v) is 3.84. The third kappa shape index (κ3) is 3.22. The molecule has 0 spiro atoms. The molecule has 0 heterocycles. The van der Waals surface area contributed by atoms with Gasteiger partial charge in [0.1, 0.15) is 0 Å². The molecule has 1 aliphatic rings. The summed E-state index contributed by atoms with van der Waals surface area (Å²) in [5.74, 6) is 1.42. The van der Waals surface area contributed by atoms with Crippen molar-refractivity contribution in [3.63, 3.8) is 0 Å². The standard InChI is InChI=1S/C19H22BrN/c1-3-21-19(16-10-9-15(20)11-13(16)2)18-12-17(18)14-7-5-4-6-8-14/h4-11,17-19,21H,3,12H2,1-2H3. The van der Waals surface area contributed by atoms with E-state index in [1.54, 1.807) is 0 Å². The van der Waals surface area contributed by atoms with Crippen LogP contribution in [0.25, 0.3) is 0 Å². The number of hydrogen-bond acceptors (Lipinski definition) is 1. The van der Waals surface area contributed by atoms with Gasteiger partial charge >= 0.3 is 0 Å². The molecule has 1 aliphatic carbocycles. The van der Waals surface area contributed by atoms with Crippen LogP contribution in [-0.4, -0.2) is 6.54 Å². The second-order valence-corrected chi connectivity index (χ2v) is 6.87. The van der Waals surface area contributed by atoms with E-state index in [2.05, 4.69) is 83.6 Å². The molecule has 21 heavy (non-hydrogen) atoms. The Labute approximate surface area is 135 Å². The molecule has 0 aliphatic heterocycles. The molecule has 1 N–H and O–H groups in total. The minimum atomic E-state index is 0.466. The van der Waals surface area contributed by atoms with Crippen molar-refractivity contribution in [1.29, 1.82) is 0 Å². The number of hydrogen-bond donors (Lipinski definition) is 1. The normalized spacial score (nSPS) is 22.0. The van der Waals surface area contributed by atoms with Gasteiger partial charge in [0.25, 0.3) is 0 Å². The zero-order valence-electron chi connectivity index (χ0n) is 12.6. The molecule has 2 heteroatoms. The third-order valence-corrected chi connectivity index (χ3v) is 4.98. The quantitative estimate of drug-likeness (QED) is 0.785. The first-order valence-corrected chi connectivity index (χ1v) is 8.54. The Kier molecular flexibility index (Phi) is 4.46. The monoisotopic (exact) mass is 343 g/mol. The van der Waals surface area contributed by atoms with Crippen LogP contribution in [0.2, 0.25) is 0 Å².